The Bertz CT molecular complexity index is 475. The summed E-state index contributed by atoms with van der Waals surface area (Å²) in [4.78, 5) is 16.0. The molecular formula is C13H21N3O3S. The van der Waals surface area contributed by atoms with Crippen LogP contribution in [0, 0.1) is 5.41 Å². The van der Waals surface area contributed by atoms with Gasteiger partial charge in [-0.25, -0.2) is 4.98 Å². The van der Waals surface area contributed by atoms with Gasteiger partial charge in [-0.2, -0.15) is 4.37 Å². The molecule has 6 nitrogen and oxygen atoms in total. The summed E-state index contributed by atoms with van der Waals surface area (Å²) >= 11 is 1.28. The fourth-order valence-electron chi connectivity index (χ4n) is 2.07. The third-order valence-corrected chi connectivity index (χ3v) is 4.25. The quantitative estimate of drug-likeness (QED) is 0.886. The van der Waals surface area contributed by atoms with E-state index in [4.69, 9.17) is 4.74 Å². The van der Waals surface area contributed by atoms with E-state index in [0.29, 0.717) is 37.7 Å². The molecule has 7 heteroatoms. The molecule has 20 heavy (non-hydrogen) atoms. The second-order valence-corrected chi connectivity index (χ2v) is 6.98. The standard InChI is InChI=1S/C13H21N3O3S/c1-12(2,3)9-15-11(20-16-9)14-8-13(10(17)18)4-6-19-7-5-13/h4-8H2,1-3H3,(H,17,18)(H,14,15,16). The molecule has 1 aromatic rings. The van der Waals surface area contributed by atoms with Gasteiger partial charge in [0.1, 0.15) is 5.82 Å². The minimum Gasteiger partial charge on any atom is -0.481 e. The number of carboxylic acid groups (broad SMARTS) is 1. The van der Waals surface area contributed by atoms with Crippen LogP contribution in [0.15, 0.2) is 0 Å². The van der Waals surface area contributed by atoms with Crippen molar-refractivity contribution in [2.75, 3.05) is 25.1 Å². The molecule has 0 bridgehead atoms. The normalized spacial score (nSPS) is 18.8. The van der Waals surface area contributed by atoms with E-state index < -0.39 is 11.4 Å². The Labute approximate surface area is 122 Å². The van der Waals surface area contributed by atoms with Gasteiger partial charge in [0, 0.05) is 36.7 Å². The molecule has 0 unspecified atom stereocenters. The first-order valence-electron chi connectivity index (χ1n) is 6.73. The molecule has 1 saturated heterocycles. The molecule has 0 spiro atoms. The minimum atomic E-state index is -0.770. The Kier molecular flexibility index (Phi) is 4.29. The van der Waals surface area contributed by atoms with E-state index in [1.54, 1.807) is 0 Å². The number of aliphatic carboxylic acids is 1. The first-order valence-corrected chi connectivity index (χ1v) is 7.50. The van der Waals surface area contributed by atoms with Crippen LogP contribution >= 0.6 is 11.5 Å². The maximum absolute atomic E-state index is 11.5. The number of aromatic nitrogens is 2. The van der Waals surface area contributed by atoms with Gasteiger partial charge in [0.15, 0.2) is 0 Å². The Morgan fingerprint density at radius 1 is 1.45 bits per heavy atom. The summed E-state index contributed by atoms with van der Waals surface area (Å²) < 4.78 is 9.57. The highest BCUT2D eigenvalue weighted by atomic mass is 32.1. The first kappa shape index (κ1) is 15.2. The van der Waals surface area contributed by atoms with Gasteiger partial charge in [-0.3, -0.25) is 4.79 Å². The molecule has 0 atom stereocenters. The molecule has 112 valence electrons. The number of rotatable bonds is 4. The largest absolute Gasteiger partial charge is 0.481 e. The third kappa shape index (κ3) is 3.27. The van der Waals surface area contributed by atoms with Crippen LogP contribution in [0.4, 0.5) is 5.13 Å². The van der Waals surface area contributed by atoms with Crippen molar-refractivity contribution in [3.8, 4) is 0 Å². The number of ether oxygens (including phenoxy) is 1. The molecule has 0 aromatic carbocycles. The van der Waals surface area contributed by atoms with Crippen molar-refractivity contribution < 1.29 is 14.6 Å². The Hall–Kier alpha value is -1.21. The monoisotopic (exact) mass is 299 g/mol. The smallest absolute Gasteiger partial charge is 0.311 e. The predicted octanol–water partition coefficient (Wildman–Crippen LogP) is 2.13. The van der Waals surface area contributed by atoms with E-state index in [1.165, 1.54) is 11.5 Å². The highest BCUT2D eigenvalue weighted by Crippen LogP contribution is 2.32. The van der Waals surface area contributed by atoms with Gasteiger partial charge in [-0.15, -0.1) is 0 Å². The lowest BCUT2D eigenvalue weighted by Crippen LogP contribution is -2.42. The molecule has 1 fully saturated rings. The number of carboxylic acids is 1. The van der Waals surface area contributed by atoms with Gasteiger partial charge in [0.2, 0.25) is 5.13 Å². The first-order chi connectivity index (χ1) is 9.33. The van der Waals surface area contributed by atoms with Gasteiger partial charge in [-0.1, -0.05) is 20.8 Å². The second-order valence-electron chi connectivity index (χ2n) is 6.22. The van der Waals surface area contributed by atoms with Crippen LogP contribution < -0.4 is 5.32 Å². The van der Waals surface area contributed by atoms with Gasteiger partial charge < -0.3 is 15.2 Å². The topological polar surface area (TPSA) is 84.3 Å². The van der Waals surface area contributed by atoms with Crippen molar-refractivity contribution in [1.29, 1.82) is 0 Å². The van der Waals surface area contributed by atoms with Crippen molar-refractivity contribution in [3.05, 3.63) is 5.82 Å². The highest BCUT2D eigenvalue weighted by Gasteiger charge is 2.40. The van der Waals surface area contributed by atoms with E-state index >= 15 is 0 Å². The molecule has 0 saturated carbocycles. The lowest BCUT2D eigenvalue weighted by atomic mass is 9.80. The van der Waals surface area contributed by atoms with E-state index in [-0.39, 0.29) is 5.41 Å². The van der Waals surface area contributed by atoms with Crippen LogP contribution in [0.1, 0.15) is 39.4 Å². The van der Waals surface area contributed by atoms with Gasteiger partial charge in [-0.05, 0) is 12.8 Å². The number of anilines is 1. The zero-order chi connectivity index (χ0) is 14.8. The lowest BCUT2D eigenvalue weighted by Gasteiger charge is -2.32. The zero-order valence-corrected chi connectivity index (χ0v) is 12.9. The Balaban J connectivity index is 2.03. The predicted molar refractivity (Wildman–Crippen MR) is 77.2 cm³/mol. The van der Waals surface area contributed by atoms with E-state index in [2.05, 4.69) is 35.4 Å². The Morgan fingerprint density at radius 2 is 2.10 bits per heavy atom. The molecule has 0 aliphatic carbocycles. The summed E-state index contributed by atoms with van der Waals surface area (Å²) in [7, 11) is 0. The van der Waals surface area contributed by atoms with E-state index in [9.17, 15) is 9.90 Å². The van der Waals surface area contributed by atoms with Crippen molar-refractivity contribution in [2.45, 2.75) is 39.0 Å². The summed E-state index contributed by atoms with van der Waals surface area (Å²) in [6.45, 7) is 7.52. The average molecular weight is 299 g/mol. The molecule has 0 amide bonds. The van der Waals surface area contributed by atoms with Gasteiger partial charge in [0.25, 0.3) is 0 Å². The minimum absolute atomic E-state index is 0.0976. The number of nitrogens with one attached hydrogen (secondary N) is 1. The molecule has 2 rings (SSSR count). The molecule has 1 aromatic heterocycles. The van der Waals surface area contributed by atoms with E-state index in [0.717, 1.165) is 5.82 Å². The van der Waals surface area contributed by atoms with Crippen LogP contribution in [-0.4, -0.2) is 40.2 Å². The average Bonchev–Trinajstić information content (AvgIpc) is 2.86. The van der Waals surface area contributed by atoms with Crippen molar-refractivity contribution in [1.82, 2.24) is 9.36 Å². The molecule has 2 heterocycles. The van der Waals surface area contributed by atoms with Crippen LogP contribution in [0.2, 0.25) is 0 Å². The summed E-state index contributed by atoms with van der Waals surface area (Å²) in [6, 6.07) is 0. The van der Waals surface area contributed by atoms with Crippen molar-refractivity contribution in [3.63, 3.8) is 0 Å². The second kappa shape index (κ2) is 5.65. The van der Waals surface area contributed by atoms with Crippen LogP contribution in [0.3, 0.4) is 0 Å². The van der Waals surface area contributed by atoms with Gasteiger partial charge >= 0.3 is 5.97 Å². The molecule has 0 radical (unpaired) electrons. The molecule has 2 N–H and O–H groups in total. The highest BCUT2D eigenvalue weighted by molar-refractivity contribution is 7.09. The fraction of sp³-hybridized carbons (Fsp3) is 0.769. The number of hydrogen-bond donors (Lipinski definition) is 2. The SMILES string of the molecule is CC(C)(C)c1nsc(NCC2(C(=O)O)CCOCC2)n1. The maximum atomic E-state index is 11.5. The third-order valence-electron chi connectivity index (χ3n) is 3.58. The zero-order valence-electron chi connectivity index (χ0n) is 12.1. The Morgan fingerprint density at radius 3 is 2.60 bits per heavy atom. The van der Waals surface area contributed by atoms with Crippen molar-refractivity contribution in [2.24, 2.45) is 5.41 Å². The lowest BCUT2D eigenvalue weighted by molar-refractivity contribution is -0.153. The molecule has 1 aliphatic heterocycles. The number of nitrogens with zero attached hydrogens (tertiary/aromatic N) is 2. The van der Waals surface area contributed by atoms with Crippen LogP contribution in [0.25, 0.3) is 0 Å². The van der Waals surface area contributed by atoms with E-state index in [1.807, 2.05) is 0 Å². The summed E-state index contributed by atoms with van der Waals surface area (Å²) in [5.74, 6) is 0.00946. The number of hydrogen-bond acceptors (Lipinski definition) is 6. The number of carbonyl (C=O) groups is 1. The van der Waals surface area contributed by atoms with Crippen LogP contribution in [-0.2, 0) is 14.9 Å². The summed E-state index contributed by atoms with van der Waals surface area (Å²) in [5, 5.41) is 13.3. The van der Waals surface area contributed by atoms with Gasteiger partial charge in [0.05, 0.1) is 5.41 Å². The summed E-state index contributed by atoms with van der Waals surface area (Å²) in [5.41, 5.74) is -0.856. The van der Waals surface area contributed by atoms with Crippen molar-refractivity contribution >= 4 is 22.6 Å². The van der Waals surface area contributed by atoms with Crippen LogP contribution in [0.5, 0.6) is 0 Å². The maximum Gasteiger partial charge on any atom is 0.311 e. The fourth-order valence-corrected chi connectivity index (χ4v) is 2.82. The molecular weight excluding hydrogens is 278 g/mol. The molecule has 1 aliphatic rings. The summed E-state index contributed by atoms with van der Waals surface area (Å²) in [6.07, 6.45) is 1.06.